The number of aromatic nitrogens is 1. The number of alkyl halides is 3. The number of carbonyl (C=O) groups excluding carboxylic acids is 2. The zero-order valence-corrected chi connectivity index (χ0v) is 16.5. The zero-order chi connectivity index (χ0) is 23.3. The van der Waals surface area contributed by atoms with Gasteiger partial charge in [-0.25, -0.2) is 9.18 Å². The molecular weight excluding hydrogens is 432 g/mol. The summed E-state index contributed by atoms with van der Waals surface area (Å²) in [6.07, 6.45) is -3.57. The van der Waals surface area contributed by atoms with E-state index >= 15 is 0 Å². The standard InChI is InChI=1S/C21H16F4N4O3/c1-26-19(30)17-11-14(9-10-27-17)32-13-7-5-12(6-8-13)28-20(31)29-16-4-2-3-15(22)18(16)21(23,24)25/h2-11H,1H3,(H,26,30)(H2,28,29,31). The van der Waals surface area contributed by atoms with Crippen molar-refractivity contribution in [3.8, 4) is 11.5 Å². The number of halogens is 4. The zero-order valence-electron chi connectivity index (χ0n) is 16.5. The molecule has 0 fully saturated rings. The Labute approximate surface area is 179 Å². The molecule has 3 N–H and O–H groups in total. The third kappa shape index (κ3) is 5.50. The summed E-state index contributed by atoms with van der Waals surface area (Å²) in [5.41, 5.74) is -1.86. The molecule has 2 aromatic carbocycles. The second-order valence-corrected chi connectivity index (χ2v) is 6.32. The first-order chi connectivity index (χ1) is 15.2. The summed E-state index contributed by atoms with van der Waals surface area (Å²) in [5, 5.41) is 6.79. The largest absolute Gasteiger partial charge is 0.457 e. The molecule has 32 heavy (non-hydrogen) atoms. The van der Waals surface area contributed by atoms with Gasteiger partial charge in [0.2, 0.25) is 0 Å². The van der Waals surface area contributed by atoms with Gasteiger partial charge in [0, 0.05) is 25.0 Å². The van der Waals surface area contributed by atoms with Crippen LogP contribution < -0.4 is 20.7 Å². The number of benzene rings is 2. The SMILES string of the molecule is CNC(=O)c1cc(Oc2ccc(NC(=O)Nc3cccc(F)c3C(F)(F)F)cc2)ccn1. The van der Waals surface area contributed by atoms with Crippen LogP contribution in [0.4, 0.5) is 33.7 Å². The Morgan fingerprint density at radius 2 is 1.69 bits per heavy atom. The molecule has 0 saturated heterocycles. The lowest BCUT2D eigenvalue weighted by molar-refractivity contribution is -0.139. The first-order valence-electron chi connectivity index (χ1n) is 9.07. The van der Waals surface area contributed by atoms with Crippen LogP contribution in [-0.2, 0) is 6.18 Å². The molecule has 0 aliphatic rings. The number of anilines is 2. The molecular formula is C21H16F4N4O3. The van der Waals surface area contributed by atoms with Gasteiger partial charge in [-0.15, -0.1) is 0 Å². The number of pyridine rings is 1. The number of nitrogens with one attached hydrogen (secondary N) is 3. The van der Waals surface area contributed by atoms with Crippen molar-refractivity contribution >= 4 is 23.3 Å². The van der Waals surface area contributed by atoms with Crippen molar-refractivity contribution in [2.24, 2.45) is 0 Å². The fourth-order valence-corrected chi connectivity index (χ4v) is 2.67. The topological polar surface area (TPSA) is 92.4 Å². The van der Waals surface area contributed by atoms with E-state index in [4.69, 9.17) is 4.74 Å². The molecule has 0 aliphatic carbocycles. The van der Waals surface area contributed by atoms with Crippen molar-refractivity contribution in [1.29, 1.82) is 0 Å². The maximum atomic E-state index is 13.6. The van der Waals surface area contributed by atoms with Crippen molar-refractivity contribution in [1.82, 2.24) is 10.3 Å². The van der Waals surface area contributed by atoms with Gasteiger partial charge >= 0.3 is 12.2 Å². The molecule has 0 radical (unpaired) electrons. The molecule has 166 valence electrons. The molecule has 0 atom stereocenters. The predicted octanol–water partition coefficient (Wildman–Crippen LogP) is 5.04. The summed E-state index contributed by atoms with van der Waals surface area (Å²) in [5.74, 6) is -1.15. The van der Waals surface area contributed by atoms with E-state index in [0.29, 0.717) is 17.6 Å². The quantitative estimate of drug-likeness (QED) is 0.477. The number of rotatable bonds is 5. The maximum Gasteiger partial charge on any atom is 0.421 e. The monoisotopic (exact) mass is 448 g/mol. The van der Waals surface area contributed by atoms with Crippen molar-refractivity contribution in [2.45, 2.75) is 6.18 Å². The number of ether oxygens (including phenoxy) is 1. The Balaban J connectivity index is 1.66. The van der Waals surface area contributed by atoms with Gasteiger partial charge in [-0.2, -0.15) is 13.2 Å². The Hall–Kier alpha value is -4.15. The molecule has 0 aliphatic heterocycles. The van der Waals surface area contributed by atoms with Crippen LogP contribution in [0.1, 0.15) is 16.1 Å². The van der Waals surface area contributed by atoms with Crippen molar-refractivity contribution in [2.75, 3.05) is 17.7 Å². The van der Waals surface area contributed by atoms with E-state index in [-0.39, 0.29) is 17.3 Å². The summed E-state index contributed by atoms with van der Waals surface area (Å²) in [4.78, 5) is 27.6. The van der Waals surface area contributed by atoms with Gasteiger partial charge in [0.15, 0.2) is 0 Å². The van der Waals surface area contributed by atoms with E-state index in [9.17, 15) is 27.2 Å². The molecule has 11 heteroatoms. The summed E-state index contributed by atoms with van der Waals surface area (Å²) in [6.45, 7) is 0. The normalized spacial score (nSPS) is 10.9. The van der Waals surface area contributed by atoms with Gasteiger partial charge < -0.3 is 20.7 Å². The van der Waals surface area contributed by atoms with Crippen LogP contribution in [0.25, 0.3) is 0 Å². The molecule has 3 aromatic rings. The number of urea groups is 1. The van der Waals surface area contributed by atoms with Crippen LogP contribution >= 0.6 is 0 Å². The average Bonchev–Trinajstić information content (AvgIpc) is 2.74. The van der Waals surface area contributed by atoms with Crippen molar-refractivity contribution in [3.63, 3.8) is 0 Å². The molecule has 0 saturated carbocycles. The molecule has 7 nitrogen and oxygen atoms in total. The van der Waals surface area contributed by atoms with Crippen LogP contribution in [0, 0.1) is 5.82 Å². The average molecular weight is 448 g/mol. The number of hydrogen-bond donors (Lipinski definition) is 3. The van der Waals surface area contributed by atoms with Crippen LogP contribution in [0.2, 0.25) is 0 Å². The Morgan fingerprint density at radius 3 is 2.34 bits per heavy atom. The van der Waals surface area contributed by atoms with E-state index in [1.165, 1.54) is 43.6 Å². The van der Waals surface area contributed by atoms with E-state index in [1.807, 2.05) is 5.32 Å². The van der Waals surface area contributed by atoms with E-state index in [1.54, 1.807) is 6.07 Å². The van der Waals surface area contributed by atoms with E-state index in [2.05, 4.69) is 15.6 Å². The Bertz CT molecular complexity index is 1130. The lowest BCUT2D eigenvalue weighted by Gasteiger charge is -2.15. The van der Waals surface area contributed by atoms with Crippen molar-refractivity contribution in [3.05, 3.63) is 77.9 Å². The third-order valence-electron chi connectivity index (χ3n) is 4.08. The maximum absolute atomic E-state index is 13.6. The molecule has 0 bridgehead atoms. The highest BCUT2D eigenvalue weighted by molar-refractivity contribution is 6.00. The number of carbonyl (C=O) groups is 2. The Kier molecular flexibility index (Phi) is 6.57. The fraction of sp³-hybridized carbons (Fsp3) is 0.0952. The van der Waals surface area contributed by atoms with Gasteiger partial charge in [0.1, 0.15) is 28.6 Å². The minimum atomic E-state index is -4.97. The Morgan fingerprint density at radius 1 is 0.969 bits per heavy atom. The van der Waals surface area contributed by atoms with E-state index in [0.717, 1.165) is 12.1 Å². The number of amides is 3. The minimum absolute atomic E-state index is 0.163. The third-order valence-corrected chi connectivity index (χ3v) is 4.08. The van der Waals surface area contributed by atoms with Gasteiger partial charge in [-0.1, -0.05) is 6.07 Å². The van der Waals surface area contributed by atoms with Crippen molar-refractivity contribution < 1.29 is 31.9 Å². The second kappa shape index (κ2) is 9.33. The summed E-state index contributed by atoms with van der Waals surface area (Å²) >= 11 is 0. The molecule has 1 heterocycles. The molecule has 1 aromatic heterocycles. The highest BCUT2D eigenvalue weighted by Gasteiger charge is 2.37. The predicted molar refractivity (Wildman–Crippen MR) is 108 cm³/mol. The smallest absolute Gasteiger partial charge is 0.421 e. The summed E-state index contributed by atoms with van der Waals surface area (Å²) in [7, 11) is 1.47. The van der Waals surface area contributed by atoms with Gasteiger partial charge in [0.25, 0.3) is 5.91 Å². The second-order valence-electron chi connectivity index (χ2n) is 6.32. The van der Waals surface area contributed by atoms with Gasteiger partial charge in [0.05, 0.1) is 5.69 Å². The lowest BCUT2D eigenvalue weighted by Crippen LogP contribution is -2.22. The van der Waals surface area contributed by atoms with Crippen LogP contribution in [-0.4, -0.2) is 24.0 Å². The molecule has 3 amide bonds. The lowest BCUT2D eigenvalue weighted by atomic mass is 10.1. The highest BCUT2D eigenvalue weighted by atomic mass is 19.4. The van der Waals surface area contributed by atoms with Gasteiger partial charge in [-0.05, 0) is 42.5 Å². The van der Waals surface area contributed by atoms with Gasteiger partial charge in [-0.3, -0.25) is 9.78 Å². The van der Waals surface area contributed by atoms with Crippen LogP contribution in [0.15, 0.2) is 60.8 Å². The summed E-state index contributed by atoms with van der Waals surface area (Å²) in [6, 6.07) is 10.6. The molecule has 0 unspecified atom stereocenters. The van der Waals surface area contributed by atoms with Crippen LogP contribution in [0.5, 0.6) is 11.5 Å². The minimum Gasteiger partial charge on any atom is -0.457 e. The first kappa shape index (κ1) is 22.5. The fourth-order valence-electron chi connectivity index (χ4n) is 2.67. The number of hydrogen-bond acceptors (Lipinski definition) is 4. The van der Waals surface area contributed by atoms with Crippen LogP contribution in [0.3, 0.4) is 0 Å². The molecule has 3 rings (SSSR count). The molecule has 0 spiro atoms. The number of nitrogens with zero attached hydrogens (tertiary/aromatic N) is 1. The van der Waals surface area contributed by atoms with E-state index < -0.39 is 29.3 Å². The first-order valence-corrected chi connectivity index (χ1v) is 9.07. The summed E-state index contributed by atoms with van der Waals surface area (Å²) < 4.78 is 58.4. The highest BCUT2D eigenvalue weighted by Crippen LogP contribution is 2.36.